The highest BCUT2D eigenvalue weighted by Crippen LogP contribution is 1.82. The lowest BCUT2D eigenvalue weighted by atomic mass is 10.5. The largest absolute Gasteiger partial charge is 0.469 e. The van der Waals surface area contributed by atoms with E-state index in [4.69, 9.17) is 0 Å². The fourth-order valence-electron chi connectivity index (χ4n) is 0.491. The van der Waals surface area contributed by atoms with Crippen LogP contribution in [0, 0.1) is 0 Å². The number of hydrogen-bond donors (Lipinski definition) is 0. The van der Waals surface area contributed by atoms with Crippen LogP contribution in [0.25, 0.3) is 0 Å². The molecule has 0 spiro atoms. The molecule has 0 unspecified atom stereocenters. The topological polar surface area (TPSA) is 61.8 Å². The van der Waals surface area contributed by atoms with Crippen molar-refractivity contribution in [2.24, 2.45) is 0 Å². The lowest BCUT2D eigenvalue weighted by molar-refractivity contribution is -0.141. The summed E-state index contributed by atoms with van der Waals surface area (Å²) in [7, 11) is 4.41. The number of rotatable bonds is 5. The summed E-state index contributed by atoms with van der Waals surface area (Å²) in [4.78, 5) is 20.2. The van der Waals surface area contributed by atoms with Crippen LogP contribution < -0.4 is 0 Å². The summed E-state index contributed by atoms with van der Waals surface area (Å²) in [5, 5.41) is 0. The van der Waals surface area contributed by atoms with E-state index >= 15 is 0 Å². The van der Waals surface area contributed by atoms with Crippen molar-refractivity contribution < 1.29 is 23.8 Å². The maximum Gasteiger partial charge on any atom is 0.307 e. The van der Waals surface area contributed by atoms with E-state index in [0.29, 0.717) is 13.0 Å². The number of ketones is 1. The highest BCUT2D eigenvalue weighted by atomic mass is 16.5. The van der Waals surface area contributed by atoms with Crippen molar-refractivity contribution in [3.63, 3.8) is 0 Å². The normalized spacial score (nSPS) is 8.57. The number of carbonyl (C=O) groups is 2. The Morgan fingerprint density at radius 2 is 1.64 bits per heavy atom. The van der Waals surface area contributed by atoms with Crippen LogP contribution >= 0.6 is 0 Å². The number of methoxy groups -OCH3 is 3. The van der Waals surface area contributed by atoms with Crippen LogP contribution in [-0.4, -0.2) is 46.3 Å². The van der Waals surface area contributed by atoms with Crippen molar-refractivity contribution in [3.05, 3.63) is 0 Å². The zero-order chi connectivity index (χ0) is 11.4. The number of ether oxygens (including phenoxy) is 3. The second-order valence-electron chi connectivity index (χ2n) is 2.45. The lowest BCUT2D eigenvalue weighted by Gasteiger charge is -1.94. The first-order valence-corrected chi connectivity index (χ1v) is 4.12. The van der Waals surface area contributed by atoms with Crippen LogP contribution in [0.5, 0.6) is 0 Å². The first-order chi connectivity index (χ1) is 6.58. The molecule has 0 aliphatic heterocycles. The lowest BCUT2D eigenvalue weighted by Crippen LogP contribution is -2.03. The molecule has 0 saturated heterocycles. The Morgan fingerprint density at radius 3 is 1.86 bits per heavy atom. The highest BCUT2D eigenvalue weighted by molar-refractivity contribution is 5.76. The second kappa shape index (κ2) is 12.1. The molecular weight excluding hydrogens is 188 g/mol. The molecule has 0 bridgehead atoms. The van der Waals surface area contributed by atoms with Crippen molar-refractivity contribution in [1.82, 2.24) is 0 Å². The molecule has 5 heteroatoms. The molecule has 0 atom stereocenters. The van der Waals surface area contributed by atoms with Crippen molar-refractivity contribution in [1.29, 1.82) is 0 Å². The fourth-order valence-corrected chi connectivity index (χ4v) is 0.491. The van der Waals surface area contributed by atoms with Gasteiger partial charge in [-0.3, -0.25) is 9.59 Å². The van der Waals surface area contributed by atoms with E-state index in [1.165, 1.54) is 21.1 Å². The average molecular weight is 206 g/mol. The minimum absolute atomic E-state index is 0.0671. The van der Waals surface area contributed by atoms with E-state index in [9.17, 15) is 9.59 Å². The van der Waals surface area contributed by atoms with Gasteiger partial charge in [-0.25, -0.2) is 0 Å². The van der Waals surface area contributed by atoms with Gasteiger partial charge in [-0.15, -0.1) is 0 Å². The van der Waals surface area contributed by atoms with Gasteiger partial charge in [-0.1, -0.05) is 0 Å². The summed E-state index contributed by atoms with van der Waals surface area (Å²) >= 11 is 0. The third kappa shape index (κ3) is 17.2. The van der Waals surface area contributed by atoms with Gasteiger partial charge in [0.15, 0.2) is 5.78 Å². The maximum absolute atomic E-state index is 10.3. The minimum atomic E-state index is -0.230. The monoisotopic (exact) mass is 206 g/mol. The van der Waals surface area contributed by atoms with Crippen molar-refractivity contribution in [2.45, 2.75) is 13.3 Å². The summed E-state index contributed by atoms with van der Waals surface area (Å²) in [5.41, 5.74) is 0. The third-order valence-electron chi connectivity index (χ3n) is 1.09. The van der Waals surface area contributed by atoms with E-state index < -0.39 is 0 Å². The minimum Gasteiger partial charge on any atom is -0.469 e. The molecule has 0 fully saturated rings. The Labute approximate surface area is 84.3 Å². The van der Waals surface area contributed by atoms with Gasteiger partial charge < -0.3 is 14.2 Å². The van der Waals surface area contributed by atoms with E-state index in [-0.39, 0.29) is 18.4 Å². The predicted octanol–water partition coefficient (Wildman–Crippen LogP) is 0.418. The van der Waals surface area contributed by atoms with Gasteiger partial charge in [-0.05, 0) is 6.92 Å². The summed E-state index contributed by atoms with van der Waals surface area (Å²) in [6.07, 6.45) is 0.340. The van der Waals surface area contributed by atoms with Gasteiger partial charge in [0, 0.05) is 14.2 Å². The van der Waals surface area contributed by atoms with E-state index in [1.54, 1.807) is 7.11 Å². The summed E-state index contributed by atoms with van der Waals surface area (Å²) in [6.45, 7) is 2.16. The summed E-state index contributed by atoms with van der Waals surface area (Å²) < 4.78 is 13.4. The molecule has 0 rings (SSSR count). The van der Waals surface area contributed by atoms with Crippen LogP contribution in [0.4, 0.5) is 0 Å². The first-order valence-electron chi connectivity index (χ1n) is 4.12. The number of esters is 1. The maximum atomic E-state index is 10.3. The van der Waals surface area contributed by atoms with Crippen LogP contribution in [0.1, 0.15) is 13.3 Å². The predicted molar refractivity (Wildman–Crippen MR) is 51.1 cm³/mol. The first kappa shape index (κ1) is 15.5. The molecule has 0 aromatic carbocycles. The Balaban J connectivity index is 0. The van der Waals surface area contributed by atoms with Crippen LogP contribution in [0.2, 0.25) is 0 Å². The van der Waals surface area contributed by atoms with Gasteiger partial charge >= 0.3 is 5.97 Å². The SMILES string of the molecule is COCC(C)=O.COCCC(=O)OC. The smallest absolute Gasteiger partial charge is 0.307 e. The zero-order valence-corrected chi connectivity index (χ0v) is 9.16. The molecule has 0 aromatic heterocycles. The summed E-state index contributed by atoms with van der Waals surface area (Å²) in [5.74, 6) is -0.163. The van der Waals surface area contributed by atoms with E-state index in [0.717, 1.165) is 0 Å². The highest BCUT2D eigenvalue weighted by Gasteiger charge is 1.95. The molecule has 14 heavy (non-hydrogen) atoms. The molecule has 0 amide bonds. The molecule has 0 heterocycles. The third-order valence-corrected chi connectivity index (χ3v) is 1.09. The Kier molecular flexibility index (Phi) is 13.4. The van der Waals surface area contributed by atoms with Crippen LogP contribution in [0.15, 0.2) is 0 Å². The van der Waals surface area contributed by atoms with Gasteiger partial charge in [-0.2, -0.15) is 0 Å². The second-order valence-corrected chi connectivity index (χ2v) is 2.45. The standard InChI is InChI=1S/C5H10O3.C4H8O2/c1-7-4-3-5(6)8-2;1-4(5)3-6-2/h3-4H2,1-2H3;3H2,1-2H3. The molecule has 84 valence electrons. The summed E-state index contributed by atoms with van der Waals surface area (Å²) in [6, 6.07) is 0. The Hall–Kier alpha value is -0.940. The van der Waals surface area contributed by atoms with Crippen molar-refractivity contribution in [2.75, 3.05) is 34.5 Å². The van der Waals surface area contributed by atoms with E-state index in [1.807, 2.05) is 0 Å². The molecule has 0 aliphatic rings. The molecule has 5 nitrogen and oxygen atoms in total. The van der Waals surface area contributed by atoms with Gasteiger partial charge in [0.25, 0.3) is 0 Å². The van der Waals surface area contributed by atoms with Crippen LogP contribution in [0.3, 0.4) is 0 Å². The molecule has 0 aliphatic carbocycles. The van der Waals surface area contributed by atoms with Crippen molar-refractivity contribution >= 4 is 11.8 Å². The number of carbonyl (C=O) groups excluding carboxylic acids is 2. The fraction of sp³-hybridized carbons (Fsp3) is 0.778. The average Bonchev–Trinajstić information content (AvgIpc) is 2.15. The molecule has 0 saturated carbocycles. The van der Waals surface area contributed by atoms with Crippen molar-refractivity contribution in [3.8, 4) is 0 Å². The van der Waals surface area contributed by atoms with Gasteiger partial charge in [0.1, 0.15) is 6.61 Å². The molecule has 0 aromatic rings. The van der Waals surface area contributed by atoms with Crippen LogP contribution in [-0.2, 0) is 23.8 Å². The Morgan fingerprint density at radius 1 is 1.07 bits per heavy atom. The number of Topliss-reactive ketones (excluding diaryl/α,β-unsaturated/α-hetero) is 1. The van der Waals surface area contributed by atoms with Gasteiger partial charge in [0.05, 0.1) is 20.1 Å². The van der Waals surface area contributed by atoms with E-state index in [2.05, 4.69) is 14.2 Å². The van der Waals surface area contributed by atoms with Gasteiger partial charge in [0.2, 0.25) is 0 Å². The molecule has 0 N–H and O–H groups in total. The zero-order valence-electron chi connectivity index (χ0n) is 9.16. The Bertz CT molecular complexity index is 155. The molecular formula is C9H18O5. The molecule has 0 radical (unpaired) electrons. The number of hydrogen-bond acceptors (Lipinski definition) is 5. The quantitative estimate of drug-likeness (QED) is 0.610.